The summed E-state index contributed by atoms with van der Waals surface area (Å²) in [5.74, 6) is -1.94. The van der Waals surface area contributed by atoms with E-state index >= 15 is 0 Å². The second kappa shape index (κ2) is 11.9. The molecule has 2 aromatic carbocycles. The topological polar surface area (TPSA) is 111 Å². The summed E-state index contributed by atoms with van der Waals surface area (Å²) >= 11 is 11.8. The van der Waals surface area contributed by atoms with E-state index in [9.17, 15) is 19.2 Å². The summed E-state index contributed by atoms with van der Waals surface area (Å²) in [5.41, 5.74) is 1.19. The van der Waals surface area contributed by atoms with E-state index in [2.05, 4.69) is 15.4 Å². The largest absolute Gasteiger partial charge is 0.465 e. The van der Waals surface area contributed by atoms with Crippen LogP contribution in [0.25, 0.3) is 0 Å². The molecular weight excluding hydrogens is 447 g/mol. The molecule has 8 nitrogen and oxygen atoms in total. The molecule has 2 rings (SSSR count). The number of carbonyl (C=O) groups excluding carboxylic acids is 4. The minimum atomic E-state index is -0.609. The molecule has 0 bridgehead atoms. The maximum absolute atomic E-state index is 12.0. The van der Waals surface area contributed by atoms with E-state index in [0.29, 0.717) is 16.9 Å². The lowest BCUT2D eigenvalue weighted by Crippen LogP contribution is -2.21. The van der Waals surface area contributed by atoms with Gasteiger partial charge in [0.15, 0.2) is 6.61 Å². The maximum Gasteiger partial charge on any atom is 0.337 e. The van der Waals surface area contributed by atoms with Gasteiger partial charge in [0.05, 0.1) is 28.4 Å². The van der Waals surface area contributed by atoms with Crippen LogP contribution in [0.1, 0.15) is 29.6 Å². The molecule has 0 aliphatic rings. The lowest BCUT2D eigenvalue weighted by atomic mass is 10.2. The Balaban J connectivity index is 1.67. The van der Waals surface area contributed by atoms with Crippen molar-refractivity contribution in [1.82, 2.24) is 0 Å². The van der Waals surface area contributed by atoms with E-state index in [0.717, 1.165) is 0 Å². The summed E-state index contributed by atoms with van der Waals surface area (Å²) < 4.78 is 9.49. The third-order valence-corrected chi connectivity index (χ3v) is 4.78. The SMILES string of the molecule is COC(=O)c1ccc(NC(=O)CCCC(=O)OCC(=O)Nc2cccc(Cl)c2Cl)cc1. The molecule has 0 unspecified atom stereocenters. The number of hydrogen-bond donors (Lipinski definition) is 2. The van der Waals surface area contributed by atoms with Gasteiger partial charge in [-0.25, -0.2) is 4.79 Å². The molecule has 0 spiro atoms. The van der Waals surface area contributed by atoms with Crippen LogP contribution in [0.3, 0.4) is 0 Å². The van der Waals surface area contributed by atoms with E-state index in [-0.39, 0.29) is 35.2 Å². The standard InChI is InChI=1S/C21H20Cl2N2O6/c1-30-21(29)13-8-10-14(11-9-13)24-17(26)6-3-7-19(28)31-12-18(27)25-16-5-2-4-15(22)20(16)23/h2,4-5,8-11H,3,6-7,12H2,1H3,(H,24,26)(H,25,27). The number of hydrogen-bond acceptors (Lipinski definition) is 6. The number of nitrogens with one attached hydrogen (secondary N) is 2. The summed E-state index contributed by atoms with van der Waals surface area (Å²) in [5, 5.41) is 5.63. The Bertz CT molecular complexity index is 963. The van der Waals surface area contributed by atoms with Gasteiger partial charge in [-0.3, -0.25) is 14.4 Å². The molecule has 2 amide bonds. The number of halogens is 2. The summed E-state index contributed by atoms with van der Waals surface area (Å²) in [6.07, 6.45) is 0.296. The number of amides is 2. The Morgan fingerprint density at radius 3 is 2.29 bits per heavy atom. The smallest absolute Gasteiger partial charge is 0.337 e. The Morgan fingerprint density at radius 2 is 1.61 bits per heavy atom. The van der Waals surface area contributed by atoms with Crippen molar-refractivity contribution < 1.29 is 28.7 Å². The predicted octanol–water partition coefficient (Wildman–Crippen LogP) is 4.07. The van der Waals surface area contributed by atoms with Crippen molar-refractivity contribution in [3.8, 4) is 0 Å². The zero-order chi connectivity index (χ0) is 22.8. The normalized spacial score (nSPS) is 10.2. The molecule has 2 aromatic rings. The number of methoxy groups -OCH3 is 1. The quantitative estimate of drug-likeness (QED) is 0.538. The van der Waals surface area contributed by atoms with Gasteiger partial charge in [0, 0.05) is 18.5 Å². The Morgan fingerprint density at radius 1 is 0.903 bits per heavy atom. The van der Waals surface area contributed by atoms with Gasteiger partial charge in [-0.05, 0) is 42.8 Å². The summed E-state index contributed by atoms with van der Waals surface area (Å²) in [7, 11) is 1.28. The highest BCUT2D eigenvalue weighted by Crippen LogP contribution is 2.29. The zero-order valence-electron chi connectivity index (χ0n) is 16.6. The fraction of sp³-hybridized carbons (Fsp3) is 0.238. The first-order valence-electron chi connectivity index (χ1n) is 9.18. The molecule has 31 heavy (non-hydrogen) atoms. The Kier molecular flexibility index (Phi) is 9.30. The van der Waals surface area contributed by atoms with Gasteiger partial charge in [-0.15, -0.1) is 0 Å². The van der Waals surface area contributed by atoms with Crippen LogP contribution in [0, 0.1) is 0 Å². The van der Waals surface area contributed by atoms with E-state index in [4.69, 9.17) is 27.9 Å². The van der Waals surface area contributed by atoms with Crippen molar-refractivity contribution in [1.29, 1.82) is 0 Å². The van der Waals surface area contributed by atoms with Crippen molar-refractivity contribution >= 4 is 58.3 Å². The van der Waals surface area contributed by atoms with Crippen LogP contribution < -0.4 is 10.6 Å². The second-order valence-corrected chi connectivity index (χ2v) is 7.07. The molecule has 0 aromatic heterocycles. The molecule has 0 fully saturated rings. The first-order chi connectivity index (χ1) is 14.8. The fourth-order valence-electron chi connectivity index (χ4n) is 2.43. The molecule has 0 heterocycles. The number of anilines is 2. The first kappa shape index (κ1) is 24.2. The summed E-state index contributed by atoms with van der Waals surface area (Å²) in [6, 6.07) is 11.0. The van der Waals surface area contributed by atoms with E-state index in [1.807, 2.05) is 0 Å². The molecule has 0 aliphatic carbocycles. The molecule has 2 N–H and O–H groups in total. The van der Waals surface area contributed by atoms with E-state index < -0.39 is 24.5 Å². The highest BCUT2D eigenvalue weighted by atomic mass is 35.5. The van der Waals surface area contributed by atoms with Crippen LogP contribution in [0.2, 0.25) is 10.0 Å². The molecule has 0 saturated heterocycles. The lowest BCUT2D eigenvalue weighted by Gasteiger charge is -2.09. The second-order valence-electron chi connectivity index (χ2n) is 6.28. The molecule has 164 valence electrons. The minimum Gasteiger partial charge on any atom is -0.465 e. The molecule has 0 aliphatic heterocycles. The van der Waals surface area contributed by atoms with Crippen LogP contribution in [0.4, 0.5) is 11.4 Å². The van der Waals surface area contributed by atoms with Gasteiger partial charge < -0.3 is 20.1 Å². The van der Waals surface area contributed by atoms with Gasteiger partial charge in [-0.1, -0.05) is 29.3 Å². The third-order valence-electron chi connectivity index (χ3n) is 3.96. The van der Waals surface area contributed by atoms with Gasteiger partial charge >= 0.3 is 11.9 Å². The van der Waals surface area contributed by atoms with Gasteiger partial charge in [0.1, 0.15) is 0 Å². The maximum atomic E-state index is 12.0. The zero-order valence-corrected chi connectivity index (χ0v) is 18.1. The summed E-state index contributed by atoms with van der Waals surface area (Å²) in [4.78, 5) is 47.0. The molecule has 0 radical (unpaired) electrons. The Labute approximate surface area is 188 Å². The number of benzene rings is 2. The van der Waals surface area contributed by atoms with Gasteiger partial charge in [0.25, 0.3) is 5.91 Å². The number of ether oxygens (including phenoxy) is 2. The van der Waals surface area contributed by atoms with Crippen molar-refractivity contribution in [2.45, 2.75) is 19.3 Å². The number of carbonyl (C=O) groups is 4. The van der Waals surface area contributed by atoms with Crippen molar-refractivity contribution in [2.75, 3.05) is 24.4 Å². The molecule has 0 saturated carbocycles. The average molecular weight is 467 g/mol. The van der Waals surface area contributed by atoms with Gasteiger partial charge in [0.2, 0.25) is 5.91 Å². The monoisotopic (exact) mass is 466 g/mol. The molecule has 10 heteroatoms. The van der Waals surface area contributed by atoms with Gasteiger partial charge in [-0.2, -0.15) is 0 Å². The number of esters is 2. The average Bonchev–Trinajstić information content (AvgIpc) is 2.75. The highest BCUT2D eigenvalue weighted by molar-refractivity contribution is 6.44. The molecular formula is C21H20Cl2N2O6. The predicted molar refractivity (Wildman–Crippen MR) is 116 cm³/mol. The Hall–Kier alpha value is -3.10. The fourth-order valence-corrected chi connectivity index (χ4v) is 2.78. The van der Waals surface area contributed by atoms with E-state index in [1.165, 1.54) is 19.2 Å². The number of rotatable bonds is 9. The third kappa shape index (κ3) is 7.92. The van der Waals surface area contributed by atoms with Crippen LogP contribution in [0.15, 0.2) is 42.5 Å². The summed E-state index contributed by atoms with van der Waals surface area (Å²) in [6.45, 7) is -0.486. The lowest BCUT2D eigenvalue weighted by molar-refractivity contribution is -0.147. The van der Waals surface area contributed by atoms with Crippen molar-refractivity contribution in [2.24, 2.45) is 0 Å². The highest BCUT2D eigenvalue weighted by Gasteiger charge is 2.12. The van der Waals surface area contributed by atoms with Crippen LogP contribution in [-0.4, -0.2) is 37.5 Å². The van der Waals surface area contributed by atoms with Crippen LogP contribution in [0.5, 0.6) is 0 Å². The van der Waals surface area contributed by atoms with Crippen LogP contribution in [-0.2, 0) is 23.9 Å². The van der Waals surface area contributed by atoms with Crippen molar-refractivity contribution in [3.63, 3.8) is 0 Å². The van der Waals surface area contributed by atoms with Crippen molar-refractivity contribution in [3.05, 3.63) is 58.1 Å². The molecule has 0 atom stereocenters. The van der Waals surface area contributed by atoms with E-state index in [1.54, 1.807) is 30.3 Å². The minimum absolute atomic E-state index is 0.0279. The van der Waals surface area contributed by atoms with Crippen LogP contribution >= 0.6 is 23.2 Å². The first-order valence-corrected chi connectivity index (χ1v) is 9.93.